The number of anilines is 3. The number of rotatable bonds is 5. The highest BCUT2D eigenvalue weighted by Gasteiger charge is 2.20. The smallest absolute Gasteiger partial charge is 0.213 e. The second-order valence-electron chi connectivity index (χ2n) is 13.3. The van der Waals surface area contributed by atoms with Crippen molar-refractivity contribution < 1.29 is 8.83 Å². The van der Waals surface area contributed by atoms with Gasteiger partial charge < -0.3 is 13.7 Å². The predicted molar refractivity (Wildman–Crippen MR) is 215 cm³/mol. The molecule has 0 unspecified atom stereocenters. The number of hydrogen-bond donors (Lipinski definition) is 0. The van der Waals surface area contributed by atoms with Crippen LogP contribution < -0.4 is 4.90 Å². The van der Waals surface area contributed by atoms with E-state index in [9.17, 15) is 0 Å². The van der Waals surface area contributed by atoms with Crippen molar-refractivity contribution in [3.05, 3.63) is 182 Å². The van der Waals surface area contributed by atoms with Crippen LogP contribution >= 0.6 is 0 Å². The topological polar surface area (TPSA) is 34.5 Å². The summed E-state index contributed by atoms with van der Waals surface area (Å²) >= 11 is 0. The Morgan fingerprint density at radius 1 is 0.404 bits per heavy atom. The van der Waals surface area contributed by atoms with Gasteiger partial charge >= 0.3 is 0 Å². The van der Waals surface area contributed by atoms with Crippen molar-refractivity contribution in [3.63, 3.8) is 0 Å². The van der Waals surface area contributed by atoms with Crippen molar-refractivity contribution in [2.24, 2.45) is 0 Å². The fraction of sp³-hybridized carbons (Fsp3) is 0. The zero-order valence-electron chi connectivity index (χ0n) is 28.0. The van der Waals surface area contributed by atoms with E-state index in [4.69, 9.17) is 8.83 Å². The molecule has 244 valence electrons. The molecule has 0 bridgehead atoms. The molecular formula is C48H30N2O2. The first-order valence-electron chi connectivity index (χ1n) is 17.6. The maximum atomic E-state index is 6.52. The summed E-state index contributed by atoms with van der Waals surface area (Å²) in [5.41, 5.74) is 11.2. The average molecular weight is 667 g/mol. The van der Waals surface area contributed by atoms with Gasteiger partial charge in [0, 0.05) is 50.4 Å². The molecule has 0 aliphatic heterocycles. The Hall–Kier alpha value is -7.04. The van der Waals surface area contributed by atoms with Gasteiger partial charge in [0.1, 0.15) is 16.7 Å². The number of para-hydroxylation sites is 3. The van der Waals surface area contributed by atoms with E-state index >= 15 is 0 Å². The Labute approximate surface area is 299 Å². The van der Waals surface area contributed by atoms with Crippen LogP contribution in [-0.4, -0.2) is 4.57 Å². The molecule has 8 aromatic carbocycles. The Bertz CT molecular complexity index is 3120. The SMILES string of the molecule is c1ccc2c(-c3ccc(N(c4ccc(-n5c6ccccc6c6c7ccccc7oc65)cc4)c4ccc5c(c4)oc4ccccc45)cc3)cccc2c1. The lowest BCUT2D eigenvalue weighted by Crippen LogP contribution is -2.10. The number of fused-ring (bicyclic) bond motifs is 9. The third-order valence-electron chi connectivity index (χ3n) is 10.4. The zero-order valence-corrected chi connectivity index (χ0v) is 28.0. The molecule has 3 aromatic heterocycles. The van der Waals surface area contributed by atoms with Crippen LogP contribution in [0.15, 0.2) is 191 Å². The van der Waals surface area contributed by atoms with Gasteiger partial charge in [-0.1, -0.05) is 109 Å². The lowest BCUT2D eigenvalue weighted by Gasteiger charge is -2.26. The Balaban J connectivity index is 1.06. The molecule has 52 heavy (non-hydrogen) atoms. The van der Waals surface area contributed by atoms with Crippen LogP contribution in [0.3, 0.4) is 0 Å². The third-order valence-corrected chi connectivity index (χ3v) is 10.4. The van der Waals surface area contributed by atoms with Crippen molar-refractivity contribution in [2.75, 3.05) is 4.90 Å². The Morgan fingerprint density at radius 3 is 1.81 bits per heavy atom. The lowest BCUT2D eigenvalue weighted by molar-refractivity contribution is 0.645. The summed E-state index contributed by atoms with van der Waals surface area (Å²) in [6, 6.07) is 64.3. The second kappa shape index (κ2) is 11.2. The minimum absolute atomic E-state index is 0.853. The van der Waals surface area contributed by atoms with E-state index in [2.05, 4.69) is 167 Å². The van der Waals surface area contributed by atoms with Crippen molar-refractivity contribution in [3.8, 4) is 16.8 Å². The maximum absolute atomic E-state index is 6.52. The Kier molecular flexibility index (Phi) is 6.22. The quantitative estimate of drug-likeness (QED) is 0.183. The highest BCUT2D eigenvalue weighted by Crippen LogP contribution is 2.42. The van der Waals surface area contributed by atoms with Gasteiger partial charge in [-0.3, -0.25) is 4.57 Å². The van der Waals surface area contributed by atoms with Crippen LogP contribution in [-0.2, 0) is 0 Å². The summed E-state index contributed by atoms with van der Waals surface area (Å²) in [5, 5.41) is 8.16. The molecule has 4 heteroatoms. The molecule has 11 aromatic rings. The summed E-state index contributed by atoms with van der Waals surface area (Å²) in [4.78, 5) is 2.30. The molecular weight excluding hydrogens is 637 g/mol. The summed E-state index contributed by atoms with van der Waals surface area (Å²) < 4.78 is 15.1. The molecule has 0 amide bonds. The number of benzene rings is 8. The molecule has 0 N–H and O–H groups in total. The largest absolute Gasteiger partial charge is 0.456 e. The minimum Gasteiger partial charge on any atom is -0.456 e. The first-order chi connectivity index (χ1) is 25.8. The van der Waals surface area contributed by atoms with E-state index in [-0.39, 0.29) is 0 Å². The lowest BCUT2D eigenvalue weighted by atomic mass is 9.98. The van der Waals surface area contributed by atoms with Crippen molar-refractivity contribution >= 4 is 82.7 Å². The molecule has 0 aliphatic carbocycles. The van der Waals surface area contributed by atoms with E-state index in [1.54, 1.807) is 0 Å². The predicted octanol–water partition coefficient (Wildman–Crippen LogP) is 13.7. The van der Waals surface area contributed by atoms with Gasteiger partial charge in [-0.05, 0) is 88.6 Å². The van der Waals surface area contributed by atoms with Crippen LogP contribution in [0.25, 0.3) is 82.5 Å². The van der Waals surface area contributed by atoms with Gasteiger partial charge in [0.2, 0.25) is 5.71 Å². The summed E-state index contributed by atoms with van der Waals surface area (Å²) in [6.07, 6.45) is 0. The number of furan rings is 2. The monoisotopic (exact) mass is 666 g/mol. The fourth-order valence-corrected chi connectivity index (χ4v) is 8.01. The Morgan fingerprint density at radius 2 is 1.00 bits per heavy atom. The van der Waals surface area contributed by atoms with Gasteiger partial charge in [0.25, 0.3) is 0 Å². The highest BCUT2D eigenvalue weighted by molar-refractivity contribution is 6.20. The second-order valence-corrected chi connectivity index (χ2v) is 13.3. The molecule has 11 rings (SSSR count). The van der Waals surface area contributed by atoms with Crippen molar-refractivity contribution in [1.82, 2.24) is 4.57 Å². The van der Waals surface area contributed by atoms with Crippen LogP contribution in [0.4, 0.5) is 17.1 Å². The van der Waals surface area contributed by atoms with E-state index in [0.717, 1.165) is 72.3 Å². The van der Waals surface area contributed by atoms with Gasteiger partial charge in [-0.15, -0.1) is 0 Å². The van der Waals surface area contributed by atoms with Crippen LogP contribution in [0.1, 0.15) is 0 Å². The highest BCUT2D eigenvalue weighted by atomic mass is 16.3. The van der Waals surface area contributed by atoms with E-state index in [0.29, 0.717) is 0 Å². The number of nitrogens with zero attached hydrogens (tertiary/aromatic N) is 2. The minimum atomic E-state index is 0.853. The first-order valence-corrected chi connectivity index (χ1v) is 17.6. The van der Waals surface area contributed by atoms with Gasteiger partial charge in [-0.25, -0.2) is 0 Å². The third kappa shape index (κ3) is 4.34. The van der Waals surface area contributed by atoms with Gasteiger partial charge in [-0.2, -0.15) is 0 Å². The first kappa shape index (κ1) is 28.8. The summed E-state index contributed by atoms with van der Waals surface area (Å²) in [7, 11) is 0. The van der Waals surface area contributed by atoms with E-state index < -0.39 is 0 Å². The fourth-order valence-electron chi connectivity index (χ4n) is 8.01. The van der Waals surface area contributed by atoms with Crippen molar-refractivity contribution in [2.45, 2.75) is 0 Å². The van der Waals surface area contributed by atoms with E-state index in [1.807, 2.05) is 24.3 Å². The van der Waals surface area contributed by atoms with Crippen LogP contribution in [0.2, 0.25) is 0 Å². The normalized spacial score (nSPS) is 11.8. The van der Waals surface area contributed by atoms with Crippen LogP contribution in [0, 0.1) is 0 Å². The zero-order chi connectivity index (χ0) is 34.2. The van der Waals surface area contributed by atoms with E-state index in [1.165, 1.54) is 27.3 Å². The summed E-state index contributed by atoms with van der Waals surface area (Å²) in [5.74, 6) is 0. The maximum Gasteiger partial charge on any atom is 0.213 e. The molecule has 0 aliphatic rings. The molecule has 0 fully saturated rings. The standard InChI is InChI=1S/C48H30N2O2/c1-2-12-37-31(10-1)11-9-16-38(37)32-20-22-33(23-21-32)49(36-28-29-40-39-13-4-7-18-44(39)51-46(40)30-36)34-24-26-35(27-25-34)50-43-17-6-3-14-41(43)47-42-15-5-8-19-45(42)52-48(47)50/h1-30H. The molecule has 4 nitrogen and oxygen atoms in total. The molecule has 0 saturated carbocycles. The van der Waals surface area contributed by atoms with Gasteiger partial charge in [0.15, 0.2) is 0 Å². The average Bonchev–Trinajstić information content (AvgIpc) is 3.87. The molecule has 0 radical (unpaired) electrons. The number of hydrogen-bond acceptors (Lipinski definition) is 3. The van der Waals surface area contributed by atoms with Gasteiger partial charge in [0.05, 0.1) is 10.9 Å². The summed E-state index contributed by atoms with van der Waals surface area (Å²) in [6.45, 7) is 0. The molecule has 0 atom stereocenters. The van der Waals surface area contributed by atoms with Crippen molar-refractivity contribution in [1.29, 1.82) is 0 Å². The molecule has 3 heterocycles. The molecule has 0 saturated heterocycles. The van der Waals surface area contributed by atoms with Crippen LogP contribution in [0.5, 0.6) is 0 Å². The number of aromatic nitrogens is 1. The molecule has 0 spiro atoms.